The molecule has 0 heterocycles. The van der Waals surface area contributed by atoms with Crippen molar-refractivity contribution in [2.45, 2.75) is 25.3 Å². The van der Waals surface area contributed by atoms with Crippen LogP contribution in [0, 0.1) is 0 Å². The number of carbonyl (C=O) groups excluding carboxylic acids is 1. The molecule has 1 aromatic carbocycles. The summed E-state index contributed by atoms with van der Waals surface area (Å²) < 4.78 is 27.1. The monoisotopic (exact) mass is 283 g/mol. The third-order valence-electron chi connectivity index (χ3n) is 2.45. The van der Waals surface area contributed by atoms with Crippen LogP contribution in [0.15, 0.2) is 36.4 Å². The summed E-state index contributed by atoms with van der Waals surface area (Å²) in [7, 11) is 0. The van der Waals surface area contributed by atoms with E-state index in [-0.39, 0.29) is 0 Å². The predicted octanol–water partition coefficient (Wildman–Crippen LogP) is 2.31. The summed E-state index contributed by atoms with van der Waals surface area (Å²) >= 11 is 0. The van der Waals surface area contributed by atoms with E-state index in [1.807, 2.05) is 5.32 Å². The summed E-state index contributed by atoms with van der Waals surface area (Å²) in [4.78, 5) is 21.8. The molecule has 1 amide bonds. The lowest BCUT2D eigenvalue weighted by atomic mass is 10.1. The molecular weight excluding hydrogens is 268 g/mol. The maximum Gasteiger partial charge on any atom is 0.343 e. The fraction of sp³-hybridized carbons (Fsp3) is 0.286. The van der Waals surface area contributed by atoms with E-state index in [4.69, 9.17) is 5.11 Å². The first-order chi connectivity index (χ1) is 9.31. The fourth-order valence-electron chi connectivity index (χ4n) is 1.47. The number of alkyl halides is 2. The van der Waals surface area contributed by atoms with E-state index < -0.39 is 30.3 Å². The van der Waals surface area contributed by atoms with Crippen molar-refractivity contribution in [1.29, 1.82) is 0 Å². The van der Waals surface area contributed by atoms with Crippen molar-refractivity contribution in [3.63, 3.8) is 0 Å². The maximum atomic E-state index is 13.6. The van der Waals surface area contributed by atoms with Crippen LogP contribution >= 0.6 is 0 Å². The molecule has 1 atom stereocenters. The van der Waals surface area contributed by atoms with Gasteiger partial charge in [0.05, 0.1) is 6.42 Å². The van der Waals surface area contributed by atoms with Crippen LogP contribution in [0.4, 0.5) is 8.78 Å². The second-order valence-corrected chi connectivity index (χ2v) is 4.34. The summed E-state index contributed by atoms with van der Waals surface area (Å²) in [5, 5.41) is 10.5. The van der Waals surface area contributed by atoms with Crippen LogP contribution in [-0.4, -0.2) is 28.9 Å². The zero-order valence-corrected chi connectivity index (χ0v) is 10.8. The highest BCUT2D eigenvalue weighted by Gasteiger charge is 2.36. The molecule has 0 aliphatic rings. The van der Waals surface area contributed by atoms with Crippen LogP contribution in [0.1, 0.15) is 18.9 Å². The van der Waals surface area contributed by atoms with Gasteiger partial charge in [-0.2, -0.15) is 8.78 Å². The lowest BCUT2D eigenvalue weighted by Crippen LogP contribution is -2.43. The minimum Gasteiger partial charge on any atom is -0.481 e. The van der Waals surface area contributed by atoms with E-state index in [0.29, 0.717) is 11.6 Å². The van der Waals surface area contributed by atoms with Gasteiger partial charge in [-0.25, -0.2) is 0 Å². The average molecular weight is 283 g/mol. The van der Waals surface area contributed by atoms with Gasteiger partial charge in [0.25, 0.3) is 5.91 Å². The van der Waals surface area contributed by atoms with Crippen molar-refractivity contribution in [3.05, 3.63) is 42.0 Å². The standard InChI is InChI=1S/C14H15F2NO3/c1-10(9-12(18)19)17-13(20)14(15,16)8-7-11-5-3-2-4-6-11/h2-8,10H,9H2,1H3,(H,17,20)(H,18,19)/b8-7+/t10-/m1/s1. The summed E-state index contributed by atoms with van der Waals surface area (Å²) in [6, 6.07) is 7.50. The van der Waals surface area contributed by atoms with Crippen LogP contribution in [-0.2, 0) is 9.59 Å². The van der Waals surface area contributed by atoms with Gasteiger partial charge in [-0.1, -0.05) is 36.4 Å². The highest BCUT2D eigenvalue weighted by atomic mass is 19.3. The van der Waals surface area contributed by atoms with Gasteiger partial charge in [0.15, 0.2) is 0 Å². The number of rotatable bonds is 6. The minimum atomic E-state index is -3.69. The highest BCUT2D eigenvalue weighted by Crippen LogP contribution is 2.18. The van der Waals surface area contributed by atoms with E-state index in [1.54, 1.807) is 30.3 Å². The van der Waals surface area contributed by atoms with E-state index in [1.165, 1.54) is 6.92 Å². The number of aliphatic carboxylic acids is 1. The summed E-state index contributed by atoms with van der Waals surface area (Å²) in [5.74, 6) is -6.37. The molecule has 1 aromatic rings. The SMILES string of the molecule is C[C@H](CC(=O)O)NC(=O)C(F)(F)/C=C/c1ccccc1. The van der Waals surface area contributed by atoms with Crippen LogP contribution in [0.25, 0.3) is 6.08 Å². The van der Waals surface area contributed by atoms with Gasteiger partial charge in [-0.05, 0) is 18.6 Å². The number of nitrogens with one attached hydrogen (secondary N) is 1. The molecule has 6 heteroatoms. The van der Waals surface area contributed by atoms with Crippen molar-refractivity contribution in [2.24, 2.45) is 0 Å². The number of halogens is 2. The van der Waals surface area contributed by atoms with Gasteiger partial charge in [-0.15, -0.1) is 0 Å². The predicted molar refractivity (Wildman–Crippen MR) is 70.3 cm³/mol. The third kappa shape index (κ3) is 5.17. The number of hydrogen-bond acceptors (Lipinski definition) is 2. The molecule has 0 aliphatic carbocycles. The zero-order chi connectivity index (χ0) is 15.2. The van der Waals surface area contributed by atoms with Crippen molar-refractivity contribution in [2.75, 3.05) is 0 Å². The second-order valence-electron chi connectivity index (χ2n) is 4.34. The topological polar surface area (TPSA) is 66.4 Å². The normalized spacial score (nSPS) is 13.2. The van der Waals surface area contributed by atoms with E-state index in [0.717, 1.165) is 6.08 Å². The van der Waals surface area contributed by atoms with Crippen molar-refractivity contribution >= 4 is 18.0 Å². The molecule has 0 radical (unpaired) electrons. The van der Waals surface area contributed by atoms with E-state index in [2.05, 4.69) is 0 Å². The third-order valence-corrected chi connectivity index (χ3v) is 2.45. The number of hydrogen-bond donors (Lipinski definition) is 2. The van der Waals surface area contributed by atoms with Gasteiger partial charge in [0.1, 0.15) is 0 Å². The van der Waals surface area contributed by atoms with Gasteiger partial charge >= 0.3 is 11.9 Å². The van der Waals surface area contributed by atoms with Crippen LogP contribution in [0.5, 0.6) is 0 Å². The molecule has 0 fully saturated rings. The number of carbonyl (C=O) groups is 2. The first-order valence-corrected chi connectivity index (χ1v) is 5.96. The molecule has 2 N–H and O–H groups in total. The fourth-order valence-corrected chi connectivity index (χ4v) is 1.47. The molecule has 0 aliphatic heterocycles. The average Bonchev–Trinajstić information content (AvgIpc) is 2.36. The number of benzene rings is 1. The van der Waals surface area contributed by atoms with E-state index in [9.17, 15) is 18.4 Å². The number of carboxylic acid groups (broad SMARTS) is 1. The summed E-state index contributed by atoms with van der Waals surface area (Å²) in [6.07, 6.45) is 1.22. The Hall–Kier alpha value is -2.24. The number of amides is 1. The molecule has 0 spiro atoms. The first kappa shape index (κ1) is 15.8. The molecule has 0 aromatic heterocycles. The molecule has 0 saturated heterocycles. The molecule has 0 bridgehead atoms. The first-order valence-electron chi connectivity index (χ1n) is 5.96. The second kappa shape index (κ2) is 6.79. The Balaban J connectivity index is 2.65. The molecule has 0 saturated carbocycles. The molecule has 4 nitrogen and oxygen atoms in total. The Labute approximate surface area is 115 Å². The van der Waals surface area contributed by atoms with E-state index >= 15 is 0 Å². The Morgan fingerprint density at radius 3 is 2.50 bits per heavy atom. The van der Waals surface area contributed by atoms with Crippen LogP contribution in [0.3, 0.4) is 0 Å². The summed E-state index contributed by atoms with van der Waals surface area (Å²) in [5.41, 5.74) is 0.540. The van der Waals surface area contributed by atoms with Gasteiger partial charge in [-0.3, -0.25) is 9.59 Å². The summed E-state index contributed by atoms with van der Waals surface area (Å²) in [6.45, 7) is 1.35. The van der Waals surface area contributed by atoms with Crippen LogP contribution < -0.4 is 5.32 Å². The van der Waals surface area contributed by atoms with Gasteiger partial charge in [0, 0.05) is 6.04 Å². The highest BCUT2D eigenvalue weighted by molar-refractivity contribution is 5.87. The quantitative estimate of drug-likeness (QED) is 0.842. The largest absolute Gasteiger partial charge is 0.481 e. The molecule has 0 unspecified atom stereocenters. The Bertz CT molecular complexity index is 500. The molecular formula is C14H15F2NO3. The molecule has 1 rings (SSSR count). The lowest BCUT2D eigenvalue weighted by molar-refractivity contribution is -0.141. The number of carboxylic acids is 1. The van der Waals surface area contributed by atoms with Gasteiger partial charge < -0.3 is 10.4 Å². The van der Waals surface area contributed by atoms with Crippen molar-refractivity contribution in [3.8, 4) is 0 Å². The lowest BCUT2D eigenvalue weighted by Gasteiger charge is -2.16. The Morgan fingerprint density at radius 1 is 1.35 bits per heavy atom. The maximum absolute atomic E-state index is 13.6. The van der Waals surface area contributed by atoms with Gasteiger partial charge in [0.2, 0.25) is 0 Å². The van der Waals surface area contributed by atoms with Crippen molar-refractivity contribution in [1.82, 2.24) is 5.32 Å². The smallest absolute Gasteiger partial charge is 0.343 e. The Morgan fingerprint density at radius 2 is 1.95 bits per heavy atom. The minimum absolute atomic E-state index is 0.412. The van der Waals surface area contributed by atoms with Crippen LogP contribution in [0.2, 0.25) is 0 Å². The zero-order valence-electron chi connectivity index (χ0n) is 10.8. The molecule has 20 heavy (non-hydrogen) atoms. The Kier molecular flexibility index (Phi) is 5.37. The van der Waals surface area contributed by atoms with Crippen molar-refractivity contribution < 1.29 is 23.5 Å². The molecule has 108 valence electrons.